The number of likely N-dealkylation sites (N-methyl/N-ethyl adjacent to an activating group) is 1. The van der Waals surface area contributed by atoms with Crippen molar-refractivity contribution in [3.8, 4) is 0 Å². The second-order valence-corrected chi connectivity index (χ2v) is 4.66. The third-order valence-electron chi connectivity index (χ3n) is 3.18. The Morgan fingerprint density at radius 1 is 1.11 bits per heavy atom. The molecule has 1 N–H and O–H groups in total. The van der Waals surface area contributed by atoms with Crippen LogP contribution in [0.2, 0.25) is 0 Å². The SMILES string of the molecule is CCNCC(CCCOCCOC)c1ccccc1. The topological polar surface area (TPSA) is 30.5 Å². The Bertz CT molecular complexity index is 303. The van der Waals surface area contributed by atoms with Gasteiger partial charge in [0, 0.05) is 20.3 Å². The molecule has 1 rings (SSSR count). The minimum atomic E-state index is 0.576. The van der Waals surface area contributed by atoms with Gasteiger partial charge in [0.1, 0.15) is 0 Å². The van der Waals surface area contributed by atoms with E-state index < -0.39 is 0 Å². The summed E-state index contributed by atoms with van der Waals surface area (Å²) in [5.41, 5.74) is 1.42. The van der Waals surface area contributed by atoms with E-state index in [1.54, 1.807) is 7.11 Å². The van der Waals surface area contributed by atoms with E-state index >= 15 is 0 Å². The first-order chi connectivity index (χ1) is 9.38. The molecule has 1 aromatic carbocycles. The van der Waals surface area contributed by atoms with Crippen molar-refractivity contribution in [3.63, 3.8) is 0 Å². The van der Waals surface area contributed by atoms with Crippen molar-refractivity contribution in [3.05, 3.63) is 35.9 Å². The Balaban J connectivity index is 2.30. The number of methoxy groups -OCH3 is 1. The van der Waals surface area contributed by atoms with E-state index in [1.807, 2.05) is 0 Å². The van der Waals surface area contributed by atoms with Gasteiger partial charge < -0.3 is 14.8 Å². The van der Waals surface area contributed by atoms with Crippen LogP contribution in [0.3, 0.4) is 0 Å². The molecule has 19 heavy (non-hydrogen) atoms. The molecule has 0 radical (unpaired) electrons. The zero-order valence-corrected chi connectivity index (χ0v) is 12.2. The van der Waals surface area contributed by atoms with Gasteiger partial charge in [0.15, 0.2) is 0 Å². The molecule has 0 aliphatic heterocycles. The monoisotopic (exact) mass is 265 g/mol. The summed E-state index contributed by atoms with van der Waals surface area (Å²) in [5, 5.41) is 3.45. The lowest BCUT2D eigenvalue weighted by molar-refractivity contribution is 0.0681. The van der Waals surface area contributed by atoms with E-state index in [-0.39, 0.29) is 0 Å². The molecular formula is C16H27NO2. The zero-order valence-electron chi connectivity index (χ0n) is 12.2. The molecule has 0 amide bonds. The molecule has 0 aliphatic carbocycles. The molecule has 0 heterocycles. The summed E-state index contributed by atoms with van der Waals surface area (Å²) in [6, 6.07) is 10.7. The Labute approximate surface area is 117 Å². The molecule has 0 aromatic heterocycles. The van der Waals surface area contributed by atoms with Crippen molar-refractivity contribution in [2.45, 2.75) is 25.7 Å². The van der Waals surface area contributed by atoms with Crippen LogP contribution in [-0.4, -0.2) is 40.0 Å². The van der Waals surface area contributed by atoms with E-state index in [0.29, 0.717) is 19.1 Å². The van der Waals surface area contributed by atoms with Crippen LogP contribution in [-0.2, 0) is 9.47 Å². The van der Waals surface area contributed by atoms with E-state index in [4.69, 9.17) is 9.47 Å². The first kappa shape index (κ1) is 16.2. The number of rotatable bonds is 11. The van der Waals surface area contributed by atoms with Gasteiger partial charge in [-0.15, -0.1) is 0 Å². The van der Waals surface area contributed by atoms with Crippen LogP contribution in [0.4, 0.5) is 0 Å². The van der Waals surface area contributed by atoms with Crippen molar-refractivity contribution in [2.75, 3.05) is 40.0 Å². The van der Waals surface area contributed by atoms with Crippen molar-refractivity contribution in [1.82, 2.24) is 5.32 Å². The maximum absolute atomic E-state index is 5.52. The molecule has 3 nitrogen and oxygen atoms in total. The summed E-state index contributed by atoms with van der Waals surface area (Å²) < 4.78 is 10.5. The van der Waals surface area contributed by atoms with Gasteiger partial charge in [-0.3, -0.25) is 0 Å². The number of hydrogen-bond donors (Lipinski definition) is 1. The fraction of sp³-hybridized carbons (Fsp3) is 0.625. The smallest absolute Gasteiger partial charge is 0.0700 e. The molecule has 0 fully saturated rings. The largest absolute Gasteiger partial charge is 0.382 e. The predicted molar refractivity (Wildman–Crippen MR) is 79.7 cm³/mol. The van der Waals surface area contributed by atoms with Crippen molar-refractivity contribution in [1.29, 1.82) is 0 Å². The summed E-state index contributed by atoms with van der Waals surface area (Å²) in [6.07, 6.45) is 2.25. The second kappa shape index (κ2) is 11.0. The fourth-order valence-electron chi connectivity index (χ4n) is 2.11. The van der Waals surface area contributed by atoms with Crippen LogP contribution >= 0.6 is 0 Å². The van der Waals surface area contributed by atoms with Crippen LogP contribution in [0.15, 0.2) is 30.3 Å². The van der Waals surface area contributed by atoms with Gasteiger partial charge >= 0.3 is 0 Å². The summed E-state index contributed by atoms with van der Waals surface area (Å²) >= 11 is 0. The molecule has 0 aliphatic rings. The van der Waals surface area contributed by atoms with Crippen molar-refractivity contribution >= 4 is 0 Å². The predicted octanol–water partition coefficient (Wildman–Crippen LogP) is 2.82. The molecule has 1 aromatic rings. The standard InChI is InChI=1S/C16H27NO2/c1-3-17-14-16(15-8-5-4-6-9-15)10-7-11-19-13-12-18-2/h4-6,8-9,16-17H,3,7,10-14H2,1-2H3. The average Bonchev–Trinajstić information content (AvgIpc) is 2.46. The van der Waals surface area contributed by atoms with Crippen LogP contribution < -0.4 is 5.32 Å². The molecule has 0 saturated heterocycles. The Morgan fingerprint density at radius 2 is 1.89 bits per heavy atom. The van der Waals surface area contributed by atoms with Gasteiger partial charge in [-0.05, 0) is 30.9 Å². The quantitative estimate of drug-likeness (QED) is 0.624. The maximum atomic E-state index is 5.52. The lowest BCUT2D eigenvalue weighted by Crippen LogP contribution is -2.21. The van der Waals surface area contributed by atoms with E-state index in [9.17, 15) is 0 Å². The summed E-state index contributed by atoms with van der Waals surface area (Å²) in [6.45, 7) is 6.40. The van der Waals surface area contributed by atoms with Gasteiger partial charge in [0.05, 0.1) is 13.2 Å². The third kappa shape index (κ3) is 7.31. The molecular weight excluding hydrogens is 238 g/mol. The number of hydrogen-bond acceptors (Lipinski definition) is 3. The van der Waals surface area contributed by atoms with Gasteiger partial charge in [0.25, 0.3) is 0 Å². The van der Waals surface area contributed by atoms with Crippen LogP contribution in [0.25, 0.3) is 0 Å². The maximum Gasteiger partial charge on any atom is 0.0700 e. The van der Waals surface area contributed by atoms with E-state index in [1.165, 1.54) is 5.56 Å². The highest BCUT2D eigenvalue weighted by molar-refractivity contribution is 5.19. The summed E-state index contributed by atoms with van der Waals surface area (Å²) in [5.74, 6) is 0.576. The minimum absolute atomic E-state index is 0.576. The first-order valence-electron chi connectivity index (χ1n) is 7.20. The summed E-state index contributed by atoms with van der Waals surface area (Å²) in [7, 11) is 1.70. The van der Waals surface area contributed by atoms with Crippen LogP contribution in [0.1, 0.15) is 31.2 Å². The molecule has 3 heteroatoms. The average molecular weight is 265 g/mol. The fourth-order valence-corrected chi connectivity index (χ4v) is 2.11. The van der Waals surface area contributed by atoms with E-state index in [2.05, 4.69) is 42.6 Å². The minimum Gasteiger partial charge on any atom is -0.382 e. The van der Waals surface area contributed by atoms with Gasteiger partial charge in [0.2, 0.25) is 0 Å². The lowest BCUT2D eigenvalue weighted by atomic mass is 9.94. The highest BCUT2D eigenvalue weighted by atomic mass is 16.5. The molecule has 0 bridgehead atoms. The molecule has 0 spiro atoms. The van der Waals surface area contributed by atoms with Gasteiger partial charge in [-0.25, -0.2) is 0 Å². The number of benzene rings is 1. The van der Waals surface area contributed by atoms with Gasteiger partial charge in [-0.1, -0.05) is 37.3 Å². The Hall–Kier alpha value is -0.900. The van der Waals surface area contributed by atoms with Crippen molar-refractivity contribution < 1.29 is 9.47 Å². The number of nitrogens with one attached hydrogen (secondary N) is 1. The molecule has 0 saturated carbocycles. The number of ether oxygens (including phenoxy) is 2. The Morgan fingerprint density at radius 3 is 2.58 bits per heavy atom. The Kier molecular flexibility index (Phi) is 9.33. The summed E-state index contributed by atoms with van der Waals surface area (Å²) in [4.78, 5) is 0. The van der Waals surface area contributed by atoms with E-state index in [0.717, 1.165) is 32.5 Å². The molecule has 1 unspecified atom stereocenters. The zero-order chi connectivity index (χ0) is 13.8. The molecule has 1 atom stereocenters. The highest BCUT2D eigenvalue weighted by Crippen LogP contribution is 2.20. The van der Waals surface area contributed by atoms with Crippen LogP contribution in [0, 0.1) is 0 Å². The second-order valence-electron chi connectivity index (χ2n) is 4.66. The lowest BCUT2D eigenvalue weighted by Gasteiger charge is -2.17. The molecule has 108 valence electrons. The van der Waals surface area contributed by atoms with Crippen molar-refractivity contribution in [2.24, 2.45) is 0 Å². The van der Waals surface area contributed by atoms with Crippen LogP contribution in [0.5, 0.6) is 0 Å². The normalized spacial score (nSPS) is 12.5. The third-order valence-corrected chi connectivity index (χ3v) is 3.18. The first-order valence-corrected chi connectivity index (χ1v) is 7.20. The highest BCUT2D eigenvalue weighted by Gasteiger charge is 2.10. The van der Waals surface area contributed by atoms with Gasteiger partial charge in [-0.2, -0.15) is 0 Å².